The van der Waals surface area contributed by atoms with Gasteiger partial charge in [0.05, 0.1) is 0 Å². The number of anilines is 1. The van der Waals surface area contributed by atoms with Crippen LogP contribution in [0.15, 0.2) is 6.07 Å². The molecule has 0 spiro atoms. The molecule has 5 heteroatoms. The zero-order valence-corrected chi connectivity index (χ0v) is 9.75. The Bertz CT molecular complexity index is 355. The summed E-state index contributed by atoms with van der Waals surface area (Å²) in [6.45, 7) is 7.12. The van der Waals surface area contributed by atoms with Crippen molar-refractivity contribution in [2.75, 3.05) is 24.5 Å². The Balaban J connectivity index is 2.21. The van der Waals surface area contributed by atoms with Crippen LogP contribution in [-0.2, 0) is 0 Å². The molecule has 0 aliphatic carbocycles. The maximum absolute atomic E-state index is 5.78. The van der Waals surface area contributed by atoms with Crippen molar-refractivity contribution in [1.29, 1.82) is 0 Å². The Morgan fingerprint density at radius 3 is 3.00 bits per heavy atom. The molecule has 1 atom stereocenters. The highest BCUT2D eigenvalue weighted by atomic mass is 35.5. The first-order valence-corrected chi connectivity index (χ1v) is 5.53. The third-order valence-electron chi connectivity index (χ3n) is 2.60. The quantitative estimate of drug-likeness (QED) is 0.782. The van der Waals surface area contributed by atoms with Crippen LogP contribution in [0.3, 0.4) is 0 Å². The molecule has 1 fully saturated rings. The maximum Gasteiger partial charge on any atom is 0.154 e. The van der Waals surface area contributed by atoms with E-state index in [1.54, 1.807) is 0 Å². The number of aromatic nitrogens is 2. The summed E-state index contributed by atoms with van der Waals surface area (Å²) in [7, 11) is 0. The lowest BCUT2D eigenvalue weighted by Gasteiger charge is -2.33. The van der Waals surface area contributed by atoms with E-state index in [2.05, 4.69) is 27.3 Å². The Hall–Kier alpha value is -0.870. The second-order valence-corrected chi connectivity index (χ2v) is 4.36. The number of piperazine rings is 1. The molecule has 1 aromatic heterocycles. The van der Waals surface area contributed by atoms with Crippen LogP contribution in [0, 0.1) is 6.92 Å². The number of halogens is 1. The molecule has 1 unspecified atom stereocenters. The monoisotopic (exact) mass is 226 g/mol. The Morgan fingerprint density at radius 2 is 2.33 bits per heavy atom. The first kappa shape index (κ1) is 10.6. The number of rotatable bonds is 1. The molecule has 0 radical (unpaired) electrons. The molecule has 1 aliphatic rings. The summed E-state index contributed by atoms with van der Waals surface area (Å²) in [5.74, 6) is 0.952. The van der Waals surface area contributed by atoms with Gasteiger partial charge in [-0.15, -0.1) is 10.2 Å². The maximum atomic E-state index is 5.78. The van der Waals surface area contributed by atoms with E-state index >= 15 is 0 Å². The Labute approximate surface area is 94.6 Å². The van der Waals surface area contributed by atoms with Crippen LogP contribution >= 0.6 is 11.6 Å². The van der Waals surface area contributed by atoms with E-state index < -0.39 is 0 Å². The van der Waals surface area contributed by atoms with Crippen LogP contribution in [0.1, 0.15) is 12.5 Å². The predicted molar refractivity (Wildman–Crippen MR) is 61.5 cm³/mol. The van der Waals surface area contributed by atoms with Crippen molar-refractivity contribution in [2.24, 2.45) is 0 Å². The van der Waals surface area contributed by atoms with Crippen LogP contribution in [0.4, 0.5) is 5.82 Å². The first-order valence-electron chi connectivity index (χ1n) is 5.15. The van der Waals surface area contributed by atoms with Gasteiger partial charge in [0.2, 0.25) is 0 Å². The largest absolute Gasteiger partial charge is 0.352 e. The topological polar surface area (TPSA) is 41.1 Å². The first-order chi connectivity index (χ1) is 7.16. The lowest BCUT2D eigenvalue weighted by atomic mass is 10.2. The average Bonchev–Trinajstić information content (AvgIpc) is 2.17. The van der Waals surface area contributed by atoms with Gasteiger partial charge < -0.3 is 10.2 Å². The van der Waals surface area contributed by atoms with Gasteiger partial charge in [-0.1, -0.05) is 11.6 Å². The molecule has 0 bridgehead atoms. The fourth-order valence-corrected chi connectivity index (χ4v) is 2.08. The van der Waals surface area contributed by atoms with Crippen molar-refractivity contribution < 1.29 is 0 Å². The lowest BCUT2D eigenvalue weighted by Crippen LogP contribution is -2.49. The van der Waals surface area contributed by atoms with E-state index in [1.807, 2.05) is 13.0 Å². The molecule has 1 aliphatic heterocycles. The second kappa shape index (κ2) is 4.33. The summed E-state index contributed by atoms with van der Waals surface area (Å²) in [4.78, 5) is 2.25. The Morgan fingerprint density at radius 1 is 1.53 bits per heavy atom. The van der Waals surface area contributed by atoms with Crippen LogP contribution < -0.4 is 10.2 Å². The molecular formula is C10H15ClN4. The van der Waals surface area contributed by atoms with Crippen LogP contribution in [-0.4, -0.2) is 35.9 Å². The zero-order valence-electron chi connectivity index (χ0n) is 9.00. The minimum Gasteiger partial charge on any atom is -0.352 e. The molecular weight excluding hydrogens is 212 g/mol. The van der Waals surface area contributed by atoms with Gasteiger partial charge in [0.15, 0.2) is 11.0 Å². The van der Waals surface area contributed by atoms with Gasteiger partial charge in [-0.3, -0.25) is 0 Å². The smallest absolute Gasteiger partial charge is 0.154 e. The highest BCUT2D eigenvalue weighted by molar-refractivity contribution is 6.29. The van der Waals surface area contributed by atoms with Gasteiger partial charge in [-0.2, -0.15) is 0 Å². The number of aryl methyl sites for hydroxylation is 1. The number of nitrogens with zero attached hydrogens (tertiary/aromatic N) is 3. The summed E-state index contributed by atoms with van der Waals surface area (Å²) in [6.07, 6.45) is 0. The normalized spacial score (nSPS) is 21.8. The summed E-state index contributed by atoms with van der Waals surface area (Å²) in [6, 6.07) is 2.35. The van der Waals surface area contributed by atoms with E-state index in [9.17, 15) is 0 Å². The van der Waals surface area contributed by atoms with Crippen molar-refractivity contribution >= 4 is 17.4 Å². The van der Waals surface area contributed by atoms with Gasteiger partial charge in [0, 0.05) is 25.7 Å². The molecule has 1 saturated heterocycles. The molecule has 1 aromatic rings. The Kier molecular flexibility index (Phi) is 3.07. The third kappa shape index (κ3) is 2.38. The third-order valence-corrected chi connectivity index (χ3v) is 2.78. The molecule has 0 aromatic carbocycles. The molecule has 2 rings (SSSR count). The molecule has 2 heterocycles. The molecule has 4 nitrogen and oxygen atoms in total. The van der Waals surface area contributed by atoms with Gasteiger partial charge in [-0.05, 0) is 25.5 Å². The van der Waals surface area contributed by atoms with Crippen molar-refractivity contribution in [1.82, 2.24) is 15.5 Å². The molecule has 1 N–H and O–H groups in total. The zero-order chi connectivity index (χ0) is 10.8. The van der Waals surface area contributed by atoms with Crippen molar-refractivity contribution in [3.63, 3.8) is 0 Å². The van der Waals surface area contributed by atoms with Gasteiger partial charge >= 0.3 is 0 Å². The summed E-state index contributed by atoms with van der Waals surface area (Å²) in [5, 5.41) is 11.9. The number of nitrogens with one attached hydrogen (secondary N) is 1. The number of hydrogen-bond acceptors (Lipinski definition) is 4. The summed E-state index contributed by atoms with van der Waals surface area (Å²) < 4.78 is 0. The summed E-state index contributed by atoms with van der Waals surface area (Å²) >= 11 is 5.78. The minimum absolute atomic E-state index is 0.458. The van der Waals surface area contributed by atoms with E-state index in [0.717, 1.165) is 31.0 Å². The van der Waals surface area contributed by atoms with E-state index in [-0.39, 0.29) is 0 Å². The highest BCUT2D eigenvalue weighted by Gasteiger charge is 2.18. The van der Waals surface area contributed by atoms with E-state index in [0.29, 0.717) is 11.2 Å². The number of hydrogen-bond donors (Lipinski definition) is 1. The molecule has 0 amide bonds. The van der Waals surface area contributed by atoms with Crippen molar-refractivity contribution in [2.45, 2.75) is 19.9 Å². The van der Waals surface area contributed by atoms with E-state index in [4.69, 9.17) is 11.6 Å². The highest BCUT2D eigenvalue weighted by Crippen LogP contribution is 2.19. The van der Waals surface area contributed by atoms with E-state index in [1.165, 1.54) is 0 Å². The van der Waals surface area contributed by atoms with Crippen LogP contribution in [0.25, 0.3) is 0 Å². The molecule has 0 saturated carbocycles. The van der Waals surface area contributed by atoms with Crippen LogP contribution in [0.2, 0.25) is 5.15 Å². The molecule has 15 heavy (non-hydrogen) atoms. The standard InChI is InChI=1S/C10H15ClN4/c1-7-5-9(11)13-14-10(7)15-4-3-12-8(2)6-15/h5,8,12H,3-4,6H2,1-2H3. The second-order valence-electron chi connectivity index (χ2n) is 3.97. The lowest BCUT2D eigenvalue weighted by molar-refractivity contribution is 0.480. The fourth-order valence-electron chi connectivity index (χ4n) is 1.88. The summed E-state index contributed by atoms with van der Waals surface area (Å²) in [5.41, 5.74) is 1.09. The van der Waals surface area contributed by atoms with Gasteiger partial charge in [-0.25, -0.2) is 0 Å². The average molecular weight is 227 g/mol. The van der Waals surface area contributed by atoms with Crippen molar-refractivity contribution in [3.8, 4) is 0 Å². The van der Waals surface area contributed by atoms with Crippen molar-refractivity contribution in [3.05, 3.63) is 16.8 Å². The molecule has 82 valence electrons. The predicted octanol–water partition coefficient (Wildman–Crippen LogP) is 1.24. The van der Waals surface area contributed by atoms with Gasteiger partial charge in [0.25, 0.3) is 0 Å². The van der Waals surface area contributed by atoms with Crippen LogP contribution in [0.5, 0.6) is 0 Å². The van der Waals surface area contributed by atoms with Gasteiger partial charge in [0.1, 0.15) is 0 Å². The minimum atomic E-state index is 0.458. The SMILES string of the molecule is Cc1cc(Cl)nnc1N1CCNC(C)C1. The fraction of sp³-hybridized carbons (Fsp3) is 0.600.